The zero-order chi connectivity index (χ0) is 19.7. The van der Waals surface area contributed by atoms with Crippen molar-refractivity contribution in [2.75, 3.05) is 0 Å². The molecule has 0 saturated carbocycles. The molecule has 0 atom stereocenters. The lowest BCUT2D eigenvalue weighted by molar-refractivity contribution is 0.101. The predicted octanol–water partition coefficient (Wildman–Crippen LogP) is 6.26. The van der Waals surface area contributed by atoms with Crippen LogP contribution in [0.25, 0.3) is 6.08 Å². The van der Waals surface area contributed by atoms with Gasteiger partial charge in [-0.2, -0.15) is 0 Å². The molecule has 1 aliphatic heterocycles. The number of benzene rings is 3. The van der Waals surface area contributed by atoms with E-state index in [0.717, 1.165) is 15.6 Å². The van der Waals surface area contributed by atoms with E-state index in [1.54, 1.807) is 18.2 Å². The average Bonchev–Trinajstić information content (AvgIpc) is 2.99. The van der Waals surface area contributed by atoms with Gasteiger partial charge in [-0.1, -0.05) is 51.8 Å². The number of hydrogen-bond donors (Lipinski definition) is 0. The maximum atomic E-state index is 12.6. The lowest BCUT2D eigenvalue weighted by Crippen LogP contribution is -1.99. The van der Waals surface area contributed by atoms with Crippen LogP contribution in [-0.2, 0) is 6.61 Å². The van der Waals surface area contributed by atoms with Gasteiger partial charge in [0.2, 0.25) is 5.78 Å². The van der Waals surface area contributed by atoms with Crippen LogP contribution in [-0.4, -0.2) is 5.78 Å². The van der Waals surface area contributed by atoms with Crippen LogP contribution in [0.1, 0.15) is 32.6 Å². The maximum absolute atomic E-state index is 12.6. The number of ether oxygens (including phenoxy) is 2. The molecular weight excluding hydrogens is 416 g/mol. The molecule has 1 aliphatic rings. The molecule has 0 unspecified atom stereocenters. The van der Waals surface area contributed by atoms with E-state index in [1.165, 1.54) is 11.1 Å². The molecule has 3 nitrogen and oxygen atoms in total. The van der Waals surface area contributed by atoms with Gasteiger partial charge in [-0.3, -0.25) is 4.79 Å². The lowest BCUT2D eigenvalue weighted by atomic mass is 10.1. The summed E-state index contributed by atoms with van der Waals surface area (Å²) in [5.74, 6) is 1.42. The highest BCUT2D eigenvalue weighted by Crippen LogP contribution is 2.35. The summed E-state index contributed by atoms with van der Waals surface area (Å²) in [7, 11) is 0. The zero-order valence-corrected chi connectivity index (χ0v) is 17.2. The number of aryl methyl sites for hydroxylation is 2. The van der Waals surface area contributed by atoms with Crippen molar-refractivity contribution in [1.82, 2.24) is 0 Å². The Hall–Kier alpha value is -2.85. The molecule has 0 radical (unpaired) electrons. The summed E-state index contributed by atoms with van der Waals surface area (Å²) in [6.45, 7) is 4.61. The molecule has 0 saturated heterocycles. The number of carbonyl (C=O) groups is 1. The molecule has 0 spiro atoms. The lowest BCUT2D eigenvalue weighted by Gasteiger charge is -2.10. The van der Waals surface area contributed by atoms with Gasteiger partial charge < -0.3 is 9.47 Å². The maximum Gasteiger partial charge on any atom is 0.231 e. The highest BCUT2D eigenvalue weighted by Gasteiger charge is 2.27. The van der Waals surface area contributed by atoms with Gasteiger partial charge >= 0.3 is 0 Å². The molecule has 0 N–H and O–H groups in total. The van der Waals surface area contributed by atoms with Crippen molar-refractivity contribution in [3.63, 3.8) is 0 Å². The number of carbonyl (C=O) groups excluding carboxylic acids is 1. The van der Waals surface area contributed by atoms with Gasteiger partial charge in [-0.05, 0) is 60.9 Å². The summed E-state index contributed by atoms with van der Waals surface area (Å²) in [4.78, 5) is 12.6. The van der Waals surface area contributed by atoms with Crippen molar-refractivity contribution < 1.29 is 14.3 Å². The monoisotopic (exact) mass is 434 g/mol. The molecule has 4 rings (SSSR count). The second-order valence-electron chi connectivity index (χ2n) is 6.87. The van der Waals surface area contributed by atoms with Crippen molar-refractivity contribution in [3.05, 3.63) is 98.7 Å². The van der Waals surface area contributed by atoms with Crippen LogP contribution in [0.15, 0.2) is 70.9 Å². The average molecular weight is 435 g/mol. The van der Waals surface area contributed by atoms with Gasteiger partial charge in [-0.25, -0.2) is 0 Å². The van der Waals surface area contributed by atoms with Crippen molar-refractivity contribution in [1.29, 1.82) is 0 Å². The Morgan fingerprint density at radius 1 is 1.00 bits per heavy atom. The number of fused-ring (bicyclic) bond motifs is 1. The number of Topliss-reactive ketones (excluding diaryl/α,β-unsaturated/α-hetero) is 1. The van der Waals surface area contributed by atoms with E-state index in [1.807, 2.05) is 30.3 Å². The fourth-order valence-electron chi connectivity index (χ4n) is 3.08. The smallest absolute Gasteiger partial charge is 0.231 e. The minimum Gasteiger partial charge on any atom is -0.489 e. The third-order valence-corrected chi connectivity index (χ3v) is 5.24. The first kappa shape index (κ1) is 18.5. The minimum atomic E-state index is -0.112. The summed E-state index contributed by atoms with van der Waals surface area (Å²) < 4.78 is 12.7. The number of ketones is 1. The van der Waals surface area contributed by atoms with Crippen molar-refractivity contribution >= 4 is 27.8 Å². The van der Waals surface area contributed by atoms with E-state index in [-0.39, 0.29) is 5.78 Å². The molecule has 0 aliphatic carbocycles. The molecule has 3 aromatic rings. The van der Waals surface area contributed by atoms with Crippen LogP contribution >= 0.6 is 15.9 Å². The molecule has 4 heteroatoms. The number of allylic oxidation sites excluding steroid dienone is 1. The van der Waals surface area contributed by atoms with E-state index >= 15 is 0 Å². The van der Waals surface area contributed by atoms with Crippen LogP contribution in [0.4, 0.5) is 0 Å². The Morgan fingerprint density at radius 3 is 2.57 bits per heavy atom. The van der Waals surface area contributed by atoms with Crippen LogP contribution in [0.2, 0.25) is 0 Å². The fourth-order valence-corrected chi connectivity index (χ4v) is 3.35. The number of rotatable bonds is 4. The van der Waals surface area contributed by atoms with E-state index in [9.17, 15) is 4.79 Å². The quantitative estimate of drug-likeness (QED) is 0.454. The first-order chi connectivity index (χ1) is 13.5. The molecule has 28 heavy (non-hydrogen) atoms. The van der Waals surface area contributed by atoms with Crippen molar-refractivity contribution in [2.45, 2.75) is 20.5 Å². The van der Waals surface area contributed by atoms with Crippen LogP contribution in [0, 0.1) is 13.8 Å². The molecule has 140 valence electrons. The van der Waals surface area contributed by atoms with Gasteiger partial charge in [0.05, 0.1) is 5.56 Å². The molecule has 0 bridgehead atoms. The molecule has 1 heterocycles. The molecule has 3 aromatic carbocycles. The highest BCUT2D eigenvalue weighted by atomic mass is 79.9. The normalized spacial score (nSPS) is 14.1. The minimum absolute atomic E-state index is 0.112. The van der Waals surface area contributed by atoms with Crippen LogP contribution in [0.3, 0.4) is 0 Å². The van der Waals surface area contributed by atoms with Crippen molar-refractivity contribution in [3.8, 4) is 11.5 Å². The topological polar surface area (TPSA) is 35.5 Å². The standard InChI is InChI=1S/C24H19BrO3/c1-15-3-4-16(2)18(11-15)14-27-20-9-10-21-22(13-20)28-23(24(21)26)12-17-5-7-19(25)8-6-17/h3-13H,14H2,1-2H3/b23-12-. The molecule has 0 fully saturated rings. The van der Waals surface area contributed by atoms with Crippen LogP contribution in [0.5, 0.6) is 11.5 Å². The second kappa shape index (κ2) is 7.64. The Morgan fingerprint density at radius 2 is 1.79 bits per heavy atom. The zero-order valence-electron chi connectivity index (χ0n) is 15.7. The number of hydrogen-bond acceptors (Lipinski definition) is 3. The number of halogens is 1. The summed E-state index contributed by atoms with van der Waals surface area (Å²) >= 11 is 3.41. The van der Waals surface area contributed by atoms with E-state index in [2.05, 4.69) is 48.0 Å². The molecule has 0 amide bonds. The Labute approximate surface area is 172 Å². The SMILES string of the molecule is Cc1ccc(C)c(COc2ccc3c(c2)O/C(=C\c2ccc(Br)cc2)C3=O)c1. The summed E-state index contributed by atoms with van der Waals surface area (Å²) in [6.07, 6.45) is 1.76. The van der Waals surface area contributed by atoms with E-state index in [4.69, 9.17) is 9.47 Å². The summed E-state index contributed by atoms with van der Waals surface area (Å²) in [5.41, 5.74) is 5.01. The third kappa shape index (κ3) is 3.87. The summed E-state index contributed by atoms with van der Waals surface area (Å²) in [5, 5.41) is 0. The van der Waals surface area contributed by atoms with Gasteiger partial charge in [0.25, 0.3) is 0 Å². The fraction of sp³-hybridized carbons (Fsp3) is 0.125. The van der Waals surface area contributed by atoms with Gasteiger partial charge in [0, 0.05) is 10.5 Å². The van der Waals surface area contributed by atoms with Gasteiger partial charge in [-0.15, -0.1) is 0 Å². The van der Waals surface area contributed by atoms with Crippen LogP contribution < -0.4 is 9.47 Å². The molecular formula is C24H19BrO3. The first-order valence-corrected chi connectivity index (χ1v) is 9.82. The van der Waals surface area contributed by atoms with Gasteiger partial charge in [0.15, 0.2) is 5.76 Å². The Kier molecular flexibility index (Phi) is 5.05. The first-order valence-electron chi connectivity index (χ1n) is 9.02. The van der Waals surface area contributed by atoms with E-state index < -0.39 is 0 Å². The largest absolute Gasteiger partial charge is 0.489 e. The summed E-state index contributed by atoms with van der Waals surface area (Å²) in [6, 6.07) is 19.4. The van der Waals surface area contributed by atoms with Crippen molar-refractivity contribution in [2.24, 2.45) is 0 Å². The highest BCUT2D eigenvalue weighted by molar-refractivity contribution is 9.10. The second-order valence-corrected chi connectivity index (χ2v) is 7.78. The molecule has 0 aromatic heterocycles. The third-order valence-electron chi connectivity index (χ3n) is 4.71. The van der Waals surface area contributed by atoms with Gasteiger partial charge in [0.1, 0.15) is 18.1 Å². The van der Waals surface area contributed by atoms with E-state index in [0.29, 0.717) is 29.4 Å². The Bertz CT molecular complexity index is 1080. The predicted molar refractivity (Wildman–Crippen MR) is 114 cm³/mol. The Balaban J connectivity index is 1.52.